The molecule has 0 saturated heterocycles. The van der Waals surface area contributed by atoms with Crippen LogP contribution in [0.3, 0.4) is 0 Å². The summed E-state index contributed by atoms with van der Waals surface area (Å²) in [5.74, 6) is 0.885. The summed E-state index contributed by atoms with van der Waals surface area (Å²) < 4.78 is 11.0. The monoisotopic (exact) mass is 225 g/mol. The van der Waals surface area contributed by atoms with Crippen LogP contribution in [-0.4, -0.2) is 32.4 Å². The largest absolute Gasteiger partial charge is 0.497 e. The van der Waals surface area contributed by atoms with Crippen LogP contribution in [-0.2, 0) is 9.47 Å². The molecule has 0 aromatic rings. The van der Waals surface area contributed by atoms with E-state index in [4.69, 9.17) is 9.47 Å². The van der Waals surface area contributed by atoms with Gasteiger partial charge in [-0.05, 0) is 50.6 Å². The average molecular weight is 225 g/mol. The van der Waals surface area contributed by atoms with Crippen molar-refractivity contribution in [1.29, 1.82) is 0 Å². The van der Waals surface area contributed by atoms with Crippen molar-refractivity contribution >= 4 is 0 Å². The number of nitrogens with one attached hydrogen (secondary N) is 1. The van der Waals surface area contributed by atoms with Gasteiger partial charge in [0.1, 0.15) is 6.10 Å². The minimum Gasteiger partial charge on any atom is -0.497 e. The van der Waals surface area contributed by atoms with Gasteiger partial charge in [-0.2, -0.15) is 0 Å². The van der Waals surface area contributed by atoms with E-state index < -0.39 is 0 Å². The van der Waals surface area contributed by atoms with Gasteiger partial charge >= 0.3 is 0 Å². The van der Waals surface area contributed by atoms with E-state index in [9.17, 15) is 0 Å². The van der Waals surface area contributed by atoms with Crippen molar-refractivity contribution in [2.24, 2.45) is 5.92 Å². The van der Waals surface area contributed by atoms with Crippen molar-refractivity contribution in [3.63, 3.8) is 0 Å². The maximum Gasteiger partial charge on any atom is 0.110 e. The van der Waals surface area contributed by atoms with Gasteiger partial charge in [0.15, 0.2) is 0 Å². The van der Waals surface area contributed by atoms with Crippen molar-refractivity contribution in [3.05, 3.63) is 12.3 Å². The van der Waals surface area contributed by atoms with Crippen LogP contribution in [0.25, 0.3) is 0 Å². The highest BCUT2D eigenvalue weighted by Crippen LogP contribution is 2.28. The molecule has 3 nitrogen and oxygen atoms in total. The second-order valence-corrected chi connectivity index (χ2v) is 4.78. The van der Waals surface area contributed by atoms with Crippen LogP contribution in [0.2, 0.25) is 0 Å². The SMILES string of the molecule is C1=COC(CNCCCOCC2CC2)CC1. The summed E-state index contributed by atoms with van der Waals surface area (Å²) in [5.41, 5.74) is 0. The number of rotatable bonds is 8. The standard InChI is InChI=1S/C13H23NO2/c1-2-9-16-13(4-1)10-14-7-3-8-15-11-12-5-6-12/h2,9,12-14H,1,3-8,10-11H2. The third kappa shape index (κ3) is 4.99. The summed E-state index contributed by atoms with van der Waals surface area (Å²) in [7, 11) is 0. The lowest BCUT2D eigenvalue weighted by Crippen LogP contribution is -2.30. The van der Waals surface area contributed by atoms with E-state index in [1.165, 1.54) is 12.8 Å². The van der Waals surface area contributed by atoms with E-state index in [0.29, 0.717) is 6.10 Å². The Balaban J connectivity index is 1.35. The van der Waals surface area contributed by atoms with Crippen molar-refractivity contribution in [3.8, 4) is 0 Å². The fraction of sp³-hybridized carbons (Fsp3) is 0.846. The van der Waals surface area contributed by atoms with Crippen molar-refractivity contribution < 1.29 is 9.47 Å². The smallest absolute Gasteiger partial charge is 0.110 e. The van der Waals surface area contributed by atoms with E-state index in [2.05, 4.69) is 11.4 Å². The van der Waals surface area contributed by atoms with Gasteiger partial charge < -0.3 is 14.8 Å². The zero-order chi connectivity index (χ0) is 11.1. The van der Waals surface area contributed by atoms with Crippen molar-refractivity contribution in [2.45, 2.75) is 38.2 Å². The molecule has 1 N–H and O–H groups in total. The molecule has 3 heteroatoms. The molecule has 0 aromatic heterocycles. The minimum absolute atomic E-state index is 0.373. The zero-order valence-corrected chi connectivity index (χ0v) is 9.99. The first-order valence-electron chi connectivity index (χ1n) is 6.54. The van der Waals surface area contributed by atoms with Crippen LogP contribution in [0.5, 0.6) is 0 Å². The number of hydrogen-bond donors (Lipinski definition) is 1. The molecule has 0 bridgehead atoms. The van der Waals surface area contributed by atoms with Gasteiger partial charge in [-0.3, -0.25) is 0 Å². The number of allylic oxidation sites excluding steroid dienone is 1. The lowest BCUT2D eigenvalue weighted by molar-refractivity contribution is 0.112. The van der Waals surface area contributed by atoms with Crippen LogP contribution in [0.1, 0.15) is 32.1 Å². The molecule has 1 saturated carbocycles. The first-order valence-corrected chi connectivity index (χ1v) is 6.54. The summed E-state index contributed by atoms with van der Waals surface area (Å²) in [5, 5.41) is 3.42. The molecule has 16 heavy (non-hydrogen) atoms. The first-order chi connectivity index (χ1) is 7.95. The van der Waals surface area contributed by atoms with E-state index in [1.807, 2.05) is 6.26 Å². The lowest BCUT2D eigenvalue weighted by atomic mass is 10.1. The number of ether oxygens (including phenoxy) is 2. The summed E-state index contributed by atoms with van der Waals surface area (Å²) >= 11 is 0. The Morgan fingerprint density at radius 2 is 2.25 bits per heavy atom. The predicted molar refractivity (Wildman–Crippen MR) is 64.3 cm³/mol. The van der Waals surface area contributed by atoms with Crippen LogP contribution in [0.4, 0.5) is 0 Å². The maximum atomic E-state index is 5.57. The molecule has 0 spiro atoms. The van der Waals surface area contributed by atoms with Gasteiger partial charge in [-0.1, -0.05) is 0 Å². The van der Waals surface area contributed by atoms with Gasteiger partial charge in [-0.15, -0.1) is 0 Å². The molecular weight excluding hydrogens is 202 g/mol. The van der Waals surface area contributed by atoms with Crippen LogP contribution < -0.4 is 5.32 Å². The van der Waals surface area contributed by atoms with Crippen LogP contribution in [0, 0.1) is 5.92 Å². The fourth-order valence-corrected chi connectivity index (χ4v) is 1.83. The molecule has 0 amide bonds. The Bertz CT molecular complexity index is 214. The Hall–Kier alpha value is -0.540. The van der Waals surface area contributed by atoms with Gasteiger partial charge in [0, 0.05) is 19.8 Å². The van der Waals surface area contributed by atoms with Crippen LogP contribution >= 0.6 is 0 Å². The molecule has 0 radical (unpaired) electrons. The highest BCUT2D eigenvalue weighted by Gasteiger charge is 2.20. The van der Waals surface area contributed by atoms with Crippen molar-refractivity contribution in [1.82, 2.24) is 5.32 Å². The summed E-state index contributed by atoms with van der Waals surface area (Å²) in [6, 6.07) is 0. The molecular formula is C13H23NO2. The molecule has 1 aliphatic heterocycles. The maximum absolute atomic E-state index is 5.57. The number of hydrogen-bond acceptors (Lipinski definition) is 3. The Kier molecular flexibility index (Phi) is 5.16. The third-order valence-corrected chi connectivity index (χ3v) is 3.09. The molecule has 1 heterocycles. The predicted octanol–water partition coefficient (Wildman–Crippen LogP) is 2.09. The molecule has 2 aliphatic rings. The minimum atomic E-state index is 0.373. The zero-order valence-electron chi connectivity index (χ0n) is 9.99. The topological polar surface area (TPSA) is 30.5 Å². The summed E-state index contributed by atoms with van der Waals surface area (Å²) in [4.78, 5) is 0. The molecule has 92 valence electrons. The van der Waals surface area contributed by atoms with E-state index >= 15 is 0 Å². The molecule has 1 aliphatic carbocycles. The first kappa shape index (κ1) is 11.9. The van der Waals surface area contributed by atoms with Crippen LogP contribution in [0.15, 0.2) is 12.3 Å². The summed E-state index contributed by atoms with van der Waals surface area (Å²) in [6.45, 7) is 3.88. The van der Waals surface area contributed by atoms with Gasteiger partial charge in [0.05, 0.1) is 6.26 Å². The van der Waals surface area contributed by atoms with Gasteiger partial charge in [0.2, 0.25) is 0 Å². The quantitative estimate of drug-likeness (QED) is 0.642. The fourth-order valence-electron chi connectivity index (χ4n) is 1.83. The highest BCUT2D eigenvalue weighted by atomic mass is 16.5. The normalized spacial score (nSPS) is 24.4. The molecule has 1 unspecified atom stereocenters. The van der Waals surface area contributed by atoms with Gasteiger partial charge in [0.25, 0.3) is 0 Å². The highest BCUT2D eigenvalue weighted by molar-refractivity contribution is 4.82. The van der Waals surface area contributed by atoms with E-state index in [-0.39, 0.29) is 0 Å². The Morgan fingerprint density at radius 1 is 1.31 bits per heavy atom. The summed E-state index contributed by atoms with van der Waals surface area (Å²) in [6.07, 6.45) is 10.4. The molecule has 1 atom stereocenters. The molecule has 0 aromatic carbocycles. The van der Waals surface area contributed by atoms with Crippen molar-refractivity contribution in [2.75, 3.05) is 26.3 Å². The molecule has 1 fully saturated rings. The Morgan fingerprint density at radius 3 is 3.00 bits per heavy atom. The molecule has 2 rings (SSSR count). The third-order valence-electron chi connectivity index (χ3n) is 3.09. The Labute approximate surface area is 98.2 Å². The lowest BCUT2D eigenvalue weighted by Gasteiger charge is -2.19. The second kappa shape index (κ2) is 6.92. The second-order valence-electron chi connectivity index (χ2n) is 4.78. The van der Waals surface area contributed by atoms with E-state index in [1.54, 1.807) is 0 Å². The van der Waals surface area contributed by atoms with E-state index in [0.717, 1.165) is 51.5 Å². The average Bonchev–Trinajstić information content (AvgIpc) is 3.13. The van der Waals surface area contributed by atoms with Gasteiger partial charge in [-0.25, -0.2) is 0 Å².